The molecule has 1 aliphatic heterocycles. The molecule has 1 aliphatic rings. The van der Waals surface area contributed by atoms with E-state index in [1.54, 1.807) is 0 Å². The first kappa shape index (κ1) is 15.8. The molecule has 0 spiro atoms. The minimum absolute atomic E-state index is 0.354. The molecule has 1 N–H and O–H groups in total. The summed E-state index contributed by atoms with van der Waals surface area (Å²) in [5.74, 6) is -2.29. The van der Waals surface area contributed by atoms with Gasteiger partial charge in [0.25, 0.3) is 11.6 Å². The predicted octanol–water partition coefficient (Wildman–Crippen LogP) is 1.39. The molecule has 9 heteroatoms. The third-order valence-corrected chi connectivity index (χ3v) is 2.97. The van der Waals surface area contributed by atoms with Crippen LogP contribution in [0.15, 0.2) is 18.2 Å². The third-order valence-electron chi connectivity index (χ3n) is 2.97. The highest BCUT2D eigenvalue weighted by Crippen LogP contribution is 2.21. The zero-order valence-electron chi connectivity index (χ0n) is 11.4. The second-order valence-electron chi connectivity index (χ2n) is 4.58. The monoisotopic (exact) mass is 312 g/mol. The fourth-order valence-electron chi connectivity index (χ4n) is 1.90. The summed E-state index contributed by atoms with van der Waals surface area (Å²) in [6, 6.07) is 2.73. The van der Waals surface area contributed by atoms with E-state index in [0.29, 0.717) is 13.0 Å². The maximum Gasteiger partial charge on any atom is 0.335 e. The number of halogens is 1. The van der Waals surface area contributed by atoms with Crippen molar-refractivity contribution in [2.45, 2.75) is 18.9 Å². The van der Waals surface area contributed by atoms with Crippen LogP contribution in [0.4, 0.5) is 15.8 Å². The van der Waals surface area contributed by atoms with Crippen LogP contribution in [0.1, 0.15) is 12.8 Å². The summed E-state index contributed by atoms with van der Waals surface area (Å²) in [6.45, 7) is -0.161. The first-order valence-corrected chi connectivity index (χ1v) is 6.49. The number of carbonyl (C=O) groups is 2. The van der Waals surface area contributed by atoms with E-state index in [0.717, 1.165) is 24.6 Å². The Labute approximate surface area is 124 Å². The van der Waals surface area contributed by atoms with Gasteiger partial charge in [0.15, 0.2) is 12.7 Å². The van der Waals surface area contributed by atoms with E-state index >= 15 is 0 Å². The second kappa shape index (κ2) is 6.94. The van der Waals surface area contributed by atoms with Crippen molar-refractivity contribution in [1.29, 1.82) is 0 Å². The Hall–Kier alpha value is -2.55. The zero-order valence-corrected chi connectivity index (χ0v) is 11.4. The van der Waals surface area contributed by atoms with Gasteiger partial charge >= 0.3 is 5.97 Å². The van der Waals surface area contributed by atoms with Crippen LogP contribution in [-0.4, -0.2) is 36.1 Å². The average molecular weight is 312 g/mol. The van der Waals surface area contributed by atoms with Gasteiger partial charge < -0.3 is 14.8 Å². The van der Waals surface area contributed by atoms with Crippen molar-refractivity contribution in [1.82, 2.24) is 0 Å². The summed E-state index contributed by atoms with van der Waals surface area (Å²) in [4.78, 5) is 33.0. The Balaban J connectivity index is 1.90. The van der Waals surface area contributed by atoms with E-state index in [1.807, 2.05) is 0 Å². The molecular formula is C13H13FN2O6. The number of benzene rings is 1. The Kier molecular flexibility index (Phi) is 4.99. The number of amides is 1. The smallest absolute Gasteiger partial charge is 0.335 e. The molecular weight excluding hydrogens is 299 g/mol. The molecule has 118 valence electrons. The number of nitro benzene ring substituents is 1. The van der Waals surface area contributed by atoms with Crippen molar-refractivity contribution in [3.63, 3.8) is 0 Å². The molecule has 1 heterocycles. The number of hydrogen-bond acceptors (Lipinski definition) is 6. The number of nitro groups is 1. The number of hydrogen-bond donors (Lipinski definition) is 1. The van der Waals surface area contributed by atoms with E-state index in [-0.39, 0.29) is 11.4 Å². The van der Waals surface area contributed by atoms with Gasteiger partial charge in [-0.2, -0.15) is 0 Å². The molecule has 1 aromatic rings. The Morgan fingerprint density at radius 3 is 2.91 bits per heavy atom. The van der Waals surface area contributed by atoms with Gasteiger partial charge in [-0.3, -0.25) is 14.9 Å². The molecule has 0 aliphatic carbocycles. The van der Waals surface area contributed by atoms with Crippen LogP contribution in [0, 0.1) is 15.9 Å². The van der Waals surface area contributed by atoms with E-state index in [9.17, 15) is 24.1 Å². The van der Waals surface area contributed by atoms with Gasteiger partial charge in [0, 0.05) is 18.7 Å². The average Bonchev–Trinajstić information content (AvgIpc) is 3.01. The molecule has 0 radical (unpaired) electrons. The van der Waals surface area contributed by atoms with Gasteiger partial charge in [-0.1, -0.05) is 0 Å². The van der Waals surface area contributed by atoms with Crippen LogP contribution in [0.5, 0.6) is 0 Å². The third kappa shape index (κ3) is 3.98. The van der Waals surface area contributed by atoms with Gasteiger partial charge in [0.1, 0.15) is 5.82 Å². The van der Waals surface area contributed by atoms with Gasteiger partial charge in [0.05, 0.1) is 10.6 Å². The van der Waals surface area contributed by atoms with Crippen molar-refractivity contribution in [2.24, 2.45) is 0 Å². The Morgan fingerprint density at radius 2 is 2.27 bits per heavy atom. The van der Waals surface area contributed by atoms with Crippen LogP contribution in [0.3, 0.4) is 0 Å². The van der Waals surface area contributed by atoms with Gasteiger partial charge in [-0.15, -0.1) is 0 Å². The van der Waals surface area contributed by atoms with E-state index in [1.165, 1.54) is 0 Å². The first-order chi connectivity index (χ1) is 10.5. The quantitative estimate of drug-likeness (QED) is 0.500. The van der Waals surface area contributed by atoms with Gasteiger partial charge in [0.2, 0.25) is 0 Å². The molecule has 22 heavy (non-hydrogen) atoms. The summed E-state index contributed by atoms with van der Waals surface area (Å²) >= 11 is 0. The standard InChI is InChI=1S/C13H13FN2O6/c14-9-4-3-8(16(19)20)6-10(9)15-12(17)7-22-13(18)11-2-1-5-21-11/h3-4,6,11H,1-2,5,7H2,(H,15,17)/t11-/m1/s1. The maximum absolute atomic E-state index is 13.5. The molecule has 0 unspecified atom stereocenters. The molecule has 0 aromatic heterocycles. The number of non-ortho nitro benzene ring substituents is 1. The van der Waals surface area contributed by atoms with Crippen molar-refractivity contribution >= 4 is 23.3 Å². The van der Waals surface area contributed by atoms with Gasteiger partial charge in [-0.05, 0) is 18.9 Å². The molecule has 2 rings (SSSR count). The number of esters is 1. The lowest BCUT2D eigenvalue weighted by Crippen LogP contribution is -2.27. The normalized spacial score (nSPS) is 17.0. The van der Waals surface area contributed by atoms with Crippen LogP contribution < -0.4 is 5.32 Å². The molecule has 1 atom stereocenters. The summed E-state index contributed by atoms with van der Waals surface area (Å²) in [5.41, 5.74) is -0.722. The number of carbonyl (C=O) groups excluding carboxylic acids is 2. The molecule has 1 aromatic carbocycles. The Bertz CT molecular complexity index is 600. The van der Waals surface area contributed by atoms with Crippen molar-refractivity contribution < 1.29 is 28.4 Å². The van der Waals surface area contributed by atoms with E-state index in [4.69, 9.17) is 9.47 Å². The minimum atomic E-state index is -0.829. The maximum atomic E-state index is 13.5. The fraction of sp³-hybridized carbons (Fsp3) is 0.385. The fourth-order valence-corrected chi connectivity index (χ4v) is 1.90. The highest BCUT2D eigenvalue weighted by Gasteiger charge is 2.25. The van der Waals surface area contributed by atoms with Crippen LogP contribution >= 0.6 is 0 Å². The highest BCUT2D eigenvalue weighted by molar-refractivity contribution is 5.93. The summed E-state index contributed by atoms with van der Waals surface area (Å²) < 4.78 is 23.3. The van der Waals surface area contributed by atoms with Crippen LogP contribution in [0.2, 0.25) is 0 Å². The molecule has 8 nitrogen and oxygen atoms in total. The van der Waals surface area contributed by atoms with E-state index < -0.39 is 35.3 Å². The molecule has 1 amide bonds. The molecule has 1 fully saturated rings. The second-order valence-corrected chi connectivity index (χ2v) is 4.58. The lowest BCUT2D eigenvalue weighted by molar-refractivity contribution is -0.384. The lowest BCUT2D eigenvalue weighted by Gasteiger charge is -2.10. The zero-order chi connectivity index (χ0) is 16.1. The summed E-state index contributed by atoms with van der Waals surface area (Å²) in [6.07, 6.45) is 0.590. The number of rotatable bonds is 5. The molecule has 0 saturated carbocycles. The number of anilines is 1. The summed E-state index contributed by atoms with van der Waals surface area (Å²) in [5, 5.41) is 12.7. The lowest BCUT2D eigenvalue weighted by atomic mass is 10.2. The number of ether oxygens (including phenoxy) is 2. The van der Waals surface area contributed by atoms with Crippen molar-refractivity contribution in [3.05, 3.63) is 34.1 Å². The number of nitrogens with zero attached hydrogens (tertiary/aromatic N) is 1. The van der Waals surface area contributed by atoms with Crippen LogP contribution in [-0.2, 0) is 19.1 Å². The van der Waals surface area contributed by atoms with Crippen molar-refractivity contribution in [3.8, 4) is 0 Å². The predicted molar refractivity (Wildman–Crippen MR) is 71.6 cm³/mol. The Morgan fingerprint density at radius 1 is 1.50 bits per heavy atom. The first-order valence-electron chi connectivity index (χ1n) is 6.49. The topological polar surface area (TPSA) is 108 Å². The molecule has 0 bridgehead atoms. The molecule has 1 saturated heterocycles. The van der Waals surface area contributed by atoms with Crippen LogP contribution in [0.25, 0.3) is 0 Å². The highest BCUT2D eigenvalue weighted by atomic mass is 19.1. The SMILES string of the molecule is O=C(COC(=O)[C@H]1CCCO1)Nc1cc([N+](=O)[O-])ccc1F. The number of nitrogens with one attached hydrogen (secondary N) is 1. The van der Waals surface area contributed by atoms with Crippen molar-refractivity contribution in [2.75, 3.05) is 18.5 Å². The largest absolute Gasteiger partial charge is 0.454 e. The summed E-state index contributed by atoms with van der Waals surface area (Å²) in [7, 11) is 0. The van der Waals surface area contributed by atoms with E-state index in [2.05, 4.69) is 5.32 Å². The van der Waals surface area contributed by atoms with Gasteiger partial charge in [-0.25, -0.2) is 9.18 Å². The minimum Gasteiger partial charge on any atom is -0.454 e.